The summed E-state index contributed by atoms with van der Waals surface area (Å²) in [4.78, 5) is 31.8. The summed E-state index contributed by atoms with van der Waals surface area (Å²) in [6.07, 6.45) is 12.3. The number of aryl methyl sites for hydroxylation is 1. The second kappa shape index (κ2) is 12.0. The summed E-state index contributed by atoms with van der Waals surface area (Å²) in [5, 5.41) is 11.6. The van der Waals surface area contributed by atoms with E-state index in [1.807, 2.05) is 48.9 Å². The number of nitrogens with zero attached hydrogens (tertiary/aromatic N) is 6. The Kier molecular flexibility index (Phi) is 7.86. The van der Waals surface area contributed by atoms with Crippen molar-refractivity contribution in [3.63, 3.8) is 0 Å². The number of hydrogen-bond donors (Lipinski definition) is 3. The molecule has 6 rings (SSSR count). The minimum atomic E-state index is -0.430. The Morgan fingerprint density at radius 1 is 0.976 bits per heavy atom. The highest BCUT2D eigenvalue weighted by Gasteiger charge is 2.30. The molecule has 1 saturated carbocycles. The maximum Gasteiger partial charge on any atom is 0.248 e. The van der Waals surface area contributed by atoms with Gasteiger partial charge in [-0.2, -0.15) is 4.98 Å². The summed E-state index contributed by atoms with van der Waals surface area (Å²) in [6.45, 7) is 3.62. The van der Waals surface area contributed by atoms with Crippen molar-refractivity contribution >= 4 is 17.4 Å². The normalized spacial score (nSPS) is 21.0. The summed E-state index contributed by atoms with van der Waals surface area (Å²) >= 11 is 0. The lowest BCUT2D eigenvalue weighted by Gasteiger charge is -2.40. The number of aromatic nitrogens is 5. The summed E-state index contributed by atoms with van der Waals surface area (Å²) in [6, 6.07) is 12.4. The van der Waals surface area contributed by atoms with Gasteiger partial charge in [0.15, 0.2) is 0 Å². The van der Waals surface area contributed by atoms with Crippen LogP contribution in [-0.2, 0) is 0 Å². The second-order valence-corrected chi connectivity index (χ2v) is 10.9. The molecule has 1 aromatic carbocycles. The van der Waals surface area contributed by atoms with Crippen LogP contribution in [0.2, 0.25) is 0 Å². The number of hydrogen-bond acceptors (Lipinski definition) is 10. The lowest BCUT2D eigenvalue weighted by molar-refractivity contribution is 0.100. The number of rotatable bonds is 8. The maximum absolute atomic E-state index is 11.7. The van der Waals surface area contributed by atoms with Gasteiger partial charge in [0.25, 0.3) is 0 Å². The zero-order valence-corrected chi connectivity index (χ0v) is 23.2. The molecular formula is C30H35N9O2. The van der Waals surface area contributed by atoms with Gasteiger partial charge in [0.2, 0.25) is 23.4 Å². The summed E-state index contributed by atoms with van der Waals surface area (Å²) < 4.78 is 5.05. The molecular weight excluding hydrogens is 518 g/mol. The van der Waals surface area contributed by atoms with Crippen molar-refractivity contribution in [2.75, 3.05) is 23.3 Å². The lowest BCUT2D eigenvalue weighted by Crippen LogP contribution is -2.55. The Morgan fingerprint density at radius 3 is 2.56 bits per heavy atom. The third-order valence-electron chi connectivity index (χ3n) is 7.94. The molecule has 41 heavy (non-hydrogen) atoms. The molecule has 4 aromatic rings. The fraction of sp³-hybridized carbons (Fsp3) is 0.400. The molecule has 2 aliphatic rings. The first-order chi connectivity index (χ1) is 20.0. The van der Waals surface area contributed by atoms with E-state index in [-0.39, 0.29) is 6.04 Å². The molecule has 4 heterocycles. The standard InChI is InChI=1S/C30H35N9O2/c1-19-35-30(38-41-19)29-33-16-24(17-34-29)39-13-5-8-23(18-39)36-25-9-2-3-10-26(25)37-27-15-21(11-12-32-27)20-6-4-7-22(14-20)28(31)40/h4,6-7,11-12,14-17,23,25-26,36H,2-3,5,8-10,13,18H2,1H3,(H2,31,40)(H,32,37). The maximum atomic E-state index is 11.7. The van der Waals surface area contributed by atoms with Crippen molar-refractivity contribution in [2.45, 2.75) is 63.6 Å². The molecule has 3 atom stereocenters. The van der Waals surface area contributed by atoms with Crippen LogP contribution in [0.25, 0.3) is 22.8 Å². The topological polar surface area (TPSA) is 148 Å². The first-order valence-electron chi connectivity index (χ1n) is 14.3. The predicted molar refractivity (Wildman–Crippen MR) is 156 cm³/mol. The Labute approximate surface area is 239 Å². The molecule has 0 radical (unpaired) electrons. The van der Waals surface area contributed by atoms with E-state index in [0.29, 0.717) is 35.2 Å². The number of nitrogens with one attached hydrogen (secondary N) is 2. The van der Waals surface area contributed by atoms with Crippen LogP contribution in [0.15, 0.2) is 59.5 Å². The Hall–Kier alpha value is -4.38. The van der Waals surface area contributed by atoms with Gasteiger partial charge in [0.1, 0.15) is 5.82 Å². The molecule has 0 bridgehead atoms. The molecule has 0 spiro atoms. The van der Waals surface area contributed by atoms with E-state index < -0.39 is 5.91 Å². The lowest BCUT2D eigenvalue weighted by atomic mass is 9.89. The van der Waals surface area contributed by atoms with E-state index in [2.05, 4.69) is 40.6 Å². The third-order valence-corrected chi connectivity index (χ3v) is 7.94. The first kappa shape index (κ1) is 26.8. The van der Waals surface area contributed by atoms with Gasteiger partial charge in [-0.05, 0) is 61.1 Å². The fourth-order valence-corrected chi connectivity index (χ4v) is 5.87. The average Bonchev–Trinajstić information content (AvgIpc) is 3.45. The molecule has 212 valence electrons. The smallest absolute Gasteiger partial charge is 0.248 e. The van der Waals surface area contributed by atoms with E-state index in [0.717, 1.165) is 61.4 Å². The summed E-state index contributed by atoms with van der Waals surface area (Å²) in [5.74, 6) is 1.77. The molecule has 11 heteroatoms. The quantitative estimate of drug-likeness (QED) is 0.293. The van der Waals surface area contributed by atoms with Crippen LogP contribution < -0.4 is 21.3 Å². The molecule has 1 aliphatic carbocycles. The van der Waals surface area contributed by atoms with E-state index in [9.17, 15) is 4.79 Å². The zero-order chi connectivity index (χ0) is 28.2. The van der Waals surface area contributed by atoms with Gasteiger partial charge in [0, 0.05) is 49.9 Å². The van der Waals surface area contributed by atoms with Crippen LogP contribution in [0.3, 0.4) is 0 Å². The largest absolute Gasteiger partial charge is 0.367 e. The van der Waals surface area contributed by atoms with Crippen molar-refractivity contribution in [1.82, 2.24) is 30.4 Å². The second-order valence-electron chi connectivity index (χ2n) is 10.9. The van der Waals surface area contributed by atoms with Gasteiger partial charge >= 0.3 is 0 Å². The van der Waals surface area contributed by atoms with Crippen molar-refractivity contribution in [1.29, 1.82) is 0 Å². The summed E-state index contributed by atoms with van der Waals surface area (Å²) in [5.41, 5.74) is 8.92. The molecule has 1 saturated heterocycles. The number of benzene rings is 1. The highest BCUT2D eigenvalue weighted by atomic mass is 16.5. The Morgan fingerprint density at radius 2 is 1.78 bits per heavy atom. The summed E-state index contributed by atoms with van der Waals surface area (Å²) in [7, 11) is 0. The SMILES string of the molecule is Cc1nc(-c2ncc(N3CCCC(NC4CCCCC4Nc4cc(-c5cccc(C(N)=O)c5)ccn4)C3)cn2)no1. The molecule has 2 fully saturated rings. The van der Waals surface area contributed by atoms with Gasteiger partial charge in [0.05, 0.1) is 18.1 Å². The van der Waals surface area contributed by atoms with Crippen LogP contribution >= 0.6 is 0 Å². The van der Waals surface area contributed by atoms with Crippen molar-refractivity contribution in [3.05, 3.63) is 66.4 Å². The van der Waals surface area contributed by atoms with E-state index in [1.165, 1.54) is 12.8 Å². The van der Waals surface area contributed by atoms with E-state index in [4.69, 9.17) is 10.3 Å². The van der Waals surface area contributed by atoms with Gasteiger partial charge in [-0.3, -0.25) is 4.79 Å². The molecule has 3 aromatic heterocycles. The van der Waals surface area contributed by atoms with E-state index >= 15 is 0 Å². The van der Waals surface area contributed by atoms with Gasteiger partial charge in [-0.1, -0.05) is 30.1 Å². The Balaban J connectivity index is 1.10. The average molecular weight is 554 g/mol. The number of amides is 1. The number of carbonyl (C=O) groups is 1. The van der Waals surface area contributed by atoms with Crippen LogP contribution in [0, 0.1) is 6.92 Å². The highest BCUT2D eigenvalue weighted by Crippen LogP contribution is 2.27. The number of pyridine rings is 1. The minimum absolute atomic E-state index is 0.278. The van der Waals surface area contributed by atoms with Crippen LogP contribution in [0.4, 0.5) is 11.5 Å². The van der Waals surface area contributed by atoms with E-state index in [1.54, 1.807) is 13.0 Å². The molecule has 1 amide bonds. The van der Waals surface area contributed by atoms with Crippen LogP contribution in [0.5, 0.6) is 0 Å². The van der Waals surface area contributed by atoms with Crippen LogP contribution in [0.1, 0.15) is 54.8 Å². The number of primary amides is 1. The highest BCUT2D eigenvalue weighted by molar-refractivity contribution is 5.94. The number of nitrogens with two attached hydrogens (primary N) is 1. The van der Waals surface area contributed by atoms with Crippen molar-refractivity contribution in [3.8, 4) is 22.8 Å². The third kappa shape index (κ3) is 6.35. The zero-order valence-electron chi connectivity index (χ0n) is 23.2. The molecule has 4 N–H and O–H groups in total. The molecule has 1 aliphatic heterocycles. The number of carbonyl (C=O) groups excluding carboxylic acids is 1. The molecule has 3 unspecified atom stereocenters. The van der Waals surface area contributed by atoms with Gasteiger partial charge in [-0.15, -0.1) is 0 Å². The predicted octanol–water partition coefficient (Wildman–Crippen LogP) is 3.98. The Bertz CT molecular complexity index is 1490. The monoisotopic (exact) mass is 553 g/mol. The first-order valence-corrected chi connectivity index (χ1v) is 14.3. The van der Waals surface area contributed by atoms with Crippen molar-refractivity contribution in [2.24, 2.45) is 5.73 Å². The number of piperidine rings is 1. The minimum Gasteiger partial charge on any atom is -0.367 e. The molecule has 11 nitrogen and oxygen atoms in total. The number of anilines is 2. The van der Waals surface area contributed by atoms with Gasteiger partial charge in [-0.25, -0.2) is 15.0 Å². The van der Waals surface area contributed by atoms with Gasteiger partial charge < -0.3 is 25.8 Å². The van der Waals surface area contributed by atoms with Crippen molar-refractivity contribution < 1.29 is 9.32 Å². The van der Waals surface area contributed by atoms with Crippen LogP contribution in [-0.4, -0.2) is 62.2 Å². The fourth-order valence-electron chi connectivity index (χ4n) is 5.87.